The van der Waals surface area contributed by atoms with Crippen LogP contribution in [-0.4, -0.2) is 53.5 Å². The van der Waals surface area contributed by atoms with Crippen LogP contribution in [-0.2, 0) is 16.0 Å². The summed E-state index contributed by atoms with van der Waals surface area (Å²) < 4.78 is 0. The van der Waals surface area contributed by atoms with E-state index in [1.807, 2.05) is 30.3 Å². The molecule has 5 heteroatoms. The van der Waals surface area contributed by atoms with Crippen molar-refractivity contribution in [2.24, 2.45) is 0 Å². The Labute approximate surface area is 125 Å². The number of hydrogen-bond acceptors (Lipinski definition) is 3. The van der Waals surface area contributed by atoms with Gasteiger partial charge >= 0.3 is 0 Å². The molecule has 0 spiro atoms. The molecule has 0 N–H and O–H groups in total. The summed E-state index contributed by atoms with van der Waals surface area (Å²) in [5, 5.41) is -0.395. The van der Waals surface area contributed by atoms with E-state index in [9.17, 15) is 9.59 Å². The molecule has 1 aromatic rings. The second-order valence-corrected chi connectivity index (χ2v) is 5.76. The van der Waals surface area contributed by atoms with Gasteiger partial charge in [0.25, 0.3) is 0 Å². The summed E-state index contributed by atoms with van der Waals surface area (Å²) in [6, 6.07) is 9.81. The molecule has 2 rings (SSSR count). The molecule has 0 saturated carbocycles. The number of rotatable bonds is 3. The number of carbonyl (C=O) groups excluding carboxylic acids is 2. The molecule has 20 heavy (non-hydrogen) atoms. The lowest BCUT2D eigenvalue weighted by Crippen LogP contribution is -2.42. The zero-order chi connectivity index (χ0) is 14.5. The number of thiol groups is 1. The van der Waals surface area contributed by atoms with E-state index in [1.54, 1.807) is 16.8 Å². The van der Waals surface area contributed by atoms with Gasteiger partial charge in [-0.15, -0.1) is 0 Å². The van der Waals surface area contributed by atoms with Crippen LogP contribution in [0.1, 0.15) is 12.0 Å². The lowest BCUT2D eigenvalue weighted by molar-refractivity contribution is -0.137. The van der Waals surface area contributed by atoms with E-state index in [0.29, 0.717) is 19.5 Å². The van der Waals surface area contributed by atoms with Crippen LogP contribution in [0.2, 0.25) is 0 Å². The van der Waals surface area contributed by atoms with Crippen LogP contribution in [0.25, 0.3) is 0 Å². The largest absolute Gasteiger partial charge is 0.344 e. The van der Waals surface area contributed by atoms with Gasteiger partial charge in [-0.3, -0.25) is 9.59 Å². The van der Waals surface area contributed by atoms with Gasteiger partial charge in [-0.1, -0.05) is 30.3 Å². The molecule has 1 aliphatic rings. The number of benzene rings is 1. The topological polar surface area (TPSA) is 40.6 Å². The third kappa shape index (κ3) is 3.76. The molecule has 0 radical (unpaired) electrons. The molecular weight excluding hydrogens is 272 g/mol. The molecule has 1 atom stereocenters. The fourth-order valence-corrected chi connectivity index (χ4v) is 2.68. The number of amides is 2. The van der Waals surface area contributed by atoms with Gasteiger partial charge in [-0.2, -0.15) is 12.6 Å². The van der Waals surface area contributed by atoms with Gasteiger partial charge in [0.15, 0.2) is 0 Å². The summed E-state index contributed by atoms with van der Waals surface area (Å²) in [5.74, 6) is -0.0584. The summed E-state index contributed by atoms with van der Waals surface area (Å²) in [4.78, 5) is 27.5. The fraction of sp³-hybridized carbons (Fsp3) is 0.467. The zero-order valence-electron chi connectivity index (χ0n) is 11.7. The van der Waals surface area contributed by atoms with Crippen molar-refractivity contribution in [2.75, 3.05) is 26.7 Å². The van der Waals surface area contributed by atoms with Gasteiger partial charge in [0.2, 0.25) is 11.8 Å². The Morgan fingerprint density at radius 2 is 2.00 bits per heavy atom. The molecule has 1 saturated heterocycles. The van der Waals surface area contributed by atoms with Crippen LogP contribution in [0.3, 0.4) is 0 Å². The minimum absolute atomic E-state index is 0.00362. The summed E-state index contributed by atoms with van der Waals surface area (Å²) in [7, 11) is 1.78. The second-order valence-electron chi connectivity index (χ2n) is 5.13. The SMILES string of the molecule is CN1CCCN(C(=O)C(S)Cc2ccccc2)CC1=O. The first-order chi connectivity index (χ1) is 9.58. The van der Waals surface area contributed by atoms with Crippen molar-refractivity contribution in [3.05, 3.63) is 35.9 Å². The van der Waals surface area contributed by atoms with Crippen LogP contribution in [0, 0.1) is 0 Å². The van der Waals surface area contributed by atoms with Crippen LogP contribution in [0.15, 0.2) is 30.3 Å². The van der Waals surface area contributed by atoms with E-state index in [-0.39, 0.29) is 18.4 Å². The van der Waals surface area contributed by atoms with Crippen molar-refractivity contribution in [1.29, 1.82) is 0 Å². The van der Waals surface area contributed by atoms with Crippen molar-refractivity contribution in [3.63, 3.8) is 0 Å². The highest BCUT2D eigenvalue weighted by molar-refractivity contribution is 7.81. The third-order valence-corrected chi connectivity index (χ3v) is 3.95. The molecule has 4 nitrogen and oxygen atoms in total. The Morgan fingerprint density at radius 1 is 1.30 bits per heavy atom. The number of likely N-dealkylation sites (N-methyl/N-ethyl adjacent to an activating group) is 1. The molecule has 1 unspecified atom stereocenters. The third-order valence-electron chi connectivity index (χ3n) is 3.54. The number of hydrogen-bond donors (Lipinski definition) is 1. The molecule has 1 aromatic carbocycles. The molecule has 108 valence electrons. The summed E-state index contributed by atoms with van der Waals surface area (Å²) in [6.07, 6.45) is 1.41. The van der Waals surface area contributed by atoms with E-state index >= 15 is 0 Å². The smallest absolute Gasteiger partial charge is 0.241 e. The van der Waals surface area contributed by atoms with Crippen molar-refractivity contribution < 1.29 is 9.59 Å². The van der Waals surface area contributed by atoms with Crippen molar-refractivity contribution in [2.45, 2.75) is 18.1 Å². The standard InChI is InChI=1S/C15H20N2O2S/c1-16-8-5-9-17(11-14(16)18)15(19)13(20)10-12-6-3-2-4-7-12/h2-4,6-7,13,20H,5,8-11H2,1H3. The lowest BCUT2D eigenvalue weighted by Gasteiger charge is -2.23. The summed E-state index contributed by atoms with van der Waals surface area (Å²) in [5.41, 5.74) is 1.08. The summed E-state index contributed by atoms with van der Waals surface area (Å²) in [6.45, 7) is 1.50. The van der Waals surface area contributed by atoms with Crippen LogP contribution >= 0.6 is 12.6 Å². The first kappa shape index (κ1) is 14.9. The van der Waals surface area contributed by atoms with E-state index in [1.165, 1.54) is 0 Å². The molecule has 1 fully saturated rings. The fourth-order valence-electron chi connectivity index (χ4n) is 2.31. The van der Waals surface area contributed by atoms with Crippen molar-refractivity contribution >= 4 is 24.4 Å². The molecule has 1 heterocycles. The lowest BCUT2D eigenvalue weighted by atomic mass is 10.1. The molecule has 2 amide bonds. The van der Waals surface area contributed by atoms with E-state index in [2.05, 4.69) is 12.6 Å². The van der Waals surface area contributed by atoms with E-state index in [4.69, 9.17) is 0 Å². The van der Waals surface area contributed by atoms with E-state index < -0.39 is 5.25 Å². The highest BCUT2D eigenvalue weighted by Crippen LogP contribution is 2.13. The van der Waals surface area contributed by atoms with Gasteiger partial charge in [0, 0.05) is 20.1 Å². The maximum absolute atomic E-state index is 12.4. The first-order valence-electron chi connectivity index (χ1n) is 6.82. The van der Waals surface area contributed by atoms with Crippen LogP contribution < -0.4 is 0 Å². The Hall–Kier alpha value is -1.49. The minimum Gasteiger partial charge on any atom is -0.344 e. The highest BCUT2D eigenvalue weighted by atomic mass is 32.1. The first-order valence-corrected chi connectivity index (χ1v) is 7.34. The predicted molar refractivity (Wildman–Crippen MR) is 81.8 cm³/mol. The maximum Gasteiger partial charge on any atom is 0.241 e. The Balaban J connectivity index is 1.97. The Morgan fingerprint density at radius 3 is 2.70 bits per heavy atom. The molecule has 0 aromatic heterocycles. The van der Waals surface area contributed by atoms with Crippen molar-refractivity contribution in [1.82, 2.24) is 9.80 Å². The van der Waals surface area contributed by atoms with Crippen LogP contribution in [0.4, 0.5) is 0 Å². The molecule has 1 aliphatic heterocycles. The number of carbonyl (C=O) groups is 2. The number of nitrogens with zero attached hydrogens (tertiary/aromatic N) is 2. The van der Waals surface area contributed by atoms with Crippen LogP contribution in [0.5, 0.6) is 0 Å². The van der Waals surface area contributed by atoms with Gasteiger partial charge in [-0.05, 0) is 18.4 Å². The maximum atomic E-state index is 12.4. The van der Waals surface area contributed by atoms with Gasteiger partial charge in [0.05, 0.1) is 11.8 Å². The van der Waals surface area contributed by atoms with E-state index in [0.717, 1.165) is 12.0 Å². The molecular formula is C15H20N2O2S. The average molecular weight is 292 g/mol. The molecule has 0 aliphatic carbocycles. The quantitative estimate of drug-likeness (QED) is 0.851. The van der Waals surface area contributed by atoms with Gasteiger partial charge < -0.3 is 9.80 Å². The monoisotopic (exact) mass is 292 g/mol. The normalized spacial score (nSPS) is 17.8. The van der Waals surface area contributed by atoms with Gasteiger partial charge in [0.1, 0.15) is 0 Å². The Bertz CT molecular complexity index is 478. The molecule has 0 bridgehead atoms. The summed E-state index contributed by atoms with van der Waals surface area (Å²) >= 11 is 4.42. The van der Waals surface area contributed by atoms with Gasteiger partial charge in [-0.25, -0.2) is 0 Å². The van der Waals surface area contributed by atoms with Crippen molar-refractivity contribution in [3.8, 4) is 0 Å². The highest BCUT2D eigenvalue weighted by Gasteiger charge is 2.26. The minimum atomic E-state index is -0.395. The second kappa shape index (κ2) is 6.79. The zero-order valence-corrected chi connectivity index (χ0v) is 12.6. The average Bonchev–Trinajstić information content (AvgIpc) is 2.61. The predicted octanol–water partition coefficient (Wildman–Crippen LogP) is 1.22. The Kier molecular flexibility index (Phi) is 5.06.